The zero-order valence-corrected chi connectivity index (χ0v) is 15.2. The van der Waals surface area contributed by atoms with E-state index in [0.29, 0.717) is 47.6 Å². The van der Waals surface area contributed by atoms with E-state index in [1.54, 1.807) is 23.4 Å². The summed E-state index contributed by atoms with van der Waals surface area (Å²) < 4.78 is 1.92. The van der Waals surface area contributed by atoms with Gasteiger partial charge in [0.2, 0.25) is 5.95 Å². The number of halogens is 1. The van der Waals surface area contributed by atoms with Crippen LogP contribution in [0, 0.1) is 0 Å². The van der Waals surface area contributed by atoms with Crippen LogP contribution in [0.2, 0.25) is 5.02 Å². The van der Waals surface area contributed by atoms with Crippen LogP contribution in [0.1, 0.15) is 6.92 Å². The van der Waals surface area contributed by atoms with Crippen molar-refractivity contribution in [3.63, 3.8) is 0 Å². The maximum atomic E-state index is 9.31. The van der Waals surface area contributed by atoms with Crippen molar-refractivity contribution in [1.82, 2.24) is 19.5 Å². The lowest BCUT2D eigenvalue weighted by atomic mass is 10.3. The summed E-state index contributed by atoms with van der Waals surface area (Å²) >= 11 is 6.06. The number of aromatic nitrogens is 4. The van der Waals surface area contributed by atoms with E-state index in [0.717, 1.165) is 5.69 Å². The second-order valence-electron chi connectivity index (χ2n) is 5.64. The highest BCUT2D eigenvalue weighted by Gasteiger charge is 2.17. The summed E-state index contributed by atoms with van der Waals surface area (Å²) in [7, 11) is 0. The van der Waals surface area contributed by atoms with Gasteiger partial charge in [-0.25, -0.2) is 4.98 Å². The lowest BCUT2D eigenvalue weighted by Crippen LogP contribution is -2.31. The number of hydrogen-bond donors (Lipinski definition) is 3. The number of nitrogens with one attached hydrogen (secondary N) is 1. The minimum atomic E-state index is -0.0640. The van der Waals surface area contributed by atoms with Gasteiger partial charge < -0.3 is 25.0 Å². The Labute approximate surface area is 156 Å². The minimum Gasteiger partial charge on any atom is -0.395 e. The number of imidazole rings is 1. The summed E-state index contributed by atoms with van der Waals surface area (Å²) in [5.41, 5.74) is 2.11. The van der Waals surface area contributed by atoms with E-state index in [1.807, 2.05) is 23.6 Å². The average Bonchev–Trinajstić information content (AvgIpc) is 3.05. The molecule has 0 amide bonds. The van der Waals surface area contributed by atoms with Crippen LogP contribution < -0.4 is 10.2 Å². The van der Waals surface area contributed by atoms with Crippen LogP contribution in [0.4, 0.5) is 17.5 Å². The predicted octanol–water partition coefficient (Wildman–Crippen LogP) is 2.03. The normalized spacial score (nSPS) is 11.1. The third kappa shape index (κ3) is 3.87. The molecule has 0 spiro atoms. The number of hydrogen-bond acceptors (Lipinski definition) is 7. The van der Waals surface area contributed by atoms with Crippen molar-refractivity contribution in [2.24, 2.45) is 0 Å². The molecular formula is C17H21ClN6O2. The minimum absolute atomic E-state index is 0.0640. The Hall–Kier alpha value is -2.42. The van der Waals surface area contributed by atoms with Crippen molar-refractivity contribution in [2.45, 2.75) is 13.5 Å². The number of aliphatic hydroxyl groups is 2. The van der Waals surface area contributed by atoms with Gasteiger partial charge in [0.25, 0.3) is 0 Å². The number of rotatable bonds is 8. The third-order valence-electron chi connectivity index (χ3n) is 3.90. The smallest absolute Gasteiger partial charge is 0.229 e. The molecule has 2 aromatic heterocycles. The van der Waals surface area contributed by atoms with E-state index >= 15 is 0 Å². The summed E-state index contributed by atoms with van der Waals surface area (Å²) in [5, 5.41) is 22.5. The van der Waals surface area contributed by atoms with Gasteiger partial charge in [-0.05, 0) is 25.1 Å². The topological polar surface area (TPSA) is 99.3 Å². The molecule has 0 saturated heterocycles. The zero-order valence-electron chi connectivity index (χ0n) is 14.4. The molecule has 138 valence electrons. The molecule has 8 nitrogen and oxygen atoms in total. The first-order valence-electron chi connectivity index (χ1n) is 8.38. The Bertz CT molecular complexity index is 879. The van der Waals surface area contributed by atoms with Gasteiger partial charge in [-0.3, -0.25) is 0 Å². The van der Waals surface area contributed by atoms with Crippen LogP contribution >= 0.6 is 11.6 Å². The molecule has 0 radical (unpaired) electrons. The first-order valence-corrected chi connectivity index (χ1v) is 8.76. The molecule has 2 heterocycles. The van der Waals surface area contributed by atoms with Crippen LogP contribution in [0.3, 0.4) is 0 Å². The molecule has 0 aliphatic heterocycles. The summed E-state index contributed by atoms with van der Waals surface area (Å²) in [6, 6.07) is 7.32. The molecule has 0 aliphatic carbocycles. The number of fused-ring (bicyclic) bond motifs is 1. The van der Waals surface area contributed by atoms with Crippen molar-refractivity contribution in [1.29, 1.82) is 0 Å². The molecular weight excluding hydrogens is 356 g/mol. The lowest BCUT2D eigenvalue weighted by Gasteiger charge is -2.21. The van der Waals surface area contributed by atoms with Crippen LogP contribution in [-0.4, -0.2) is 56.0 Å². The molecule has 0 fully saturated rings. The van der Waals surface area contributed by atoms with Crippen molar-refractivity contribution in [3.8, 4) is 0 Å². The molecule has 3 N–H and O–H groups in total. The highest BCUT2D eigenvalue weighted by molar-refractivity contribution is 6.30. The molecule has 0 unspecified atom stereocenters. The van der Waals surface area contributed by atoms with Gasteiger partial charge in [0, 0.05) is 30.3 Å². The first-order chi connectivity index (χ1) is 12.7. The second kappa shape index (κ2) is 8.31. The molecule has 0 atom stereocenters. The molecule has 0 saturated carbocycles. The van der Waals surface area contributed by atoms with Gasteiger partial charge in [0.05, 0.1) is 19.5 Å². The molecule has 0 aliphatic rings. The lowest BCUT2D eigenvalue weighted by molar-refractivity contribution is 0.280. The Morgan fingerprint density at radius 3 is 2.62 bits per heavy atom. The number of benzene rings is 1. The quantitative estimate of drug-likeness (QED) is 0.553. The fraction of sp³-hybridized carbons (Fsp3) is 0.353. The van der Waals surface area contributed by atoms with Gasteiger partial charge in [-0.2, -0.15) is 9.97 Å². The Kier molecular flexibility index (Phi) is 5.87. The van der Waals surface area contributed by atoms with Gasteiger partial charge in [-0.15, -0.1) is 0 Å². The van der Waals surface area contributed by atoms with Crippen molar-refractivity contribution in [3.05, 3.63) is 35.6 Å². The second-order valence-corrected chi connectivity index (χ2v) is 6.08. The Morgan fingerprint density at radius 2 is 1.96 bits per heavy atom. The highest BCUT2D eigenvalue weighted by atomic mass is 35.5. The van der Waals surface area contributed by atoms with Crippen molar-refractivity contribution < 1.29 is 10.2 Å². The molecule has 0 bridgehead atoms. The van der Waals surface area contributed by atoms with E-state index in [4.69, 9.17) is 11.6 Å². The monoisotopic (exact) mass is 376 g/mol. The van der Waals surface area contributed by atoms with E-state index in [9.17, 15) is 10.2 Å². The van der Waals surface area contributed by atoms with Crippen LogP contribution in [-0.2, 0) is 6.54 Å². The molecule has 3 aromatic rings. The maximum Gasteiger partial charge on any atom is 0.229 e. The molecule has 1 aromatic carbocycles. The number of nitrogens with zero attached hydrogens (tertiary/aromatic N) is 5. The number of anilines is 3. The van der Waals surface area contributed by atoms with Gasteiger partial charge in [-0.1, -0.05) is 17.7 Å². The van der Waals surface area contributed by atoms with E-state index in [-0.39, 0.29) is 13.2 Å². The first kappa shape index (κ1) is 18.4. The highest BCUT2D eigenvalue weighted by Crippen LogP contribution is 2.26. The predicted molar refractivity (Wildman–Crippen MR) is 102 cm³/mol. The molecule has 9 heteroatoms. The summed E-state index contributed by atoms with van der Waals surface area (Å²) in [6.45, 7) is 3.23. The van der Waals surface area contributed by atoms with E-state index in [2.05, 4.69) is 20.3 Å². The molecule has 3 rings (SSSR count). The van der Waals surface area contributed by atoms with Gasteiger partial charge in [0.15, 0.2) is 17.0 Å². The Balaban J connectivity index is 2.09. The van der Waals surface area contributed by atoms with Crippen LogP contribution in [0.15, 0.2) is 30.6 Å². The van der Waals surface area contributed by atoms with Crippen LogP contribution in [0.25, 0.3) is 11.2 Å². The number of aliphatic hydroxyl groups excluding tert-OH is 2. The largest absolute Gasteiger partial charge is 0.395 e. The summed E-state index contributed by atoms with van der Waals surface area (Å²) in [4.78, 5) is 15.3. The third-order valence-corrected chi connectivity index (χ3v) is 4.14. The van der Waals surface area contributed by atoms with Gasteiger partial charge >= 0.3 is 0 Å². The van der Waals surface area contributed by atoms with E-state index < -0.39 is 0 Å². The molecule has 26 heavy (non-hydrogen) atoms. The van der Waals surface area contributed by atoms with Gasteiger partial charge in [0.1, 0.15) is 0 Å². The van der Waals surface area contributed by atoms with Crippen molar-refractivity contribution in [2.75, 3.05) is 36.5 Å². The fourth-order valence-corrected chi connectivity index (χ4v) is 2.84. The fourth-order valence-electron chi connectivity index (χ4n) is 2.65. The van der Waals surface area contributed by atoms with E-state index in [1.165, 1.54) is 0 Å². The standard InChI is InChI=1S/C17H21ClN6O2/c1-2-23-11-19-14-15(20-13-5-3-4-12(18)10-13)21-17(22-16(14)23)24(6-8-25)7-9-26/h3-5,10-11,25-26H,2,6-9H2,1H3,(H,20,21,22). The Morgan fingerprint density at radius 1 is 1.19 bits per heavy atom. The number of aryl methyl sites for hydroxylation is 1. The average molecular weight is 377 g/mol. The van der Waals surface area contributed by atoms with Crippen molar-refractivity contribution >= 4 is 40.2 Å². The maximum absolute atomic E-state index is 9.31. The summed E-state index contributed by atoms with van der Waals surface area (Å²) in [5.74, 6) is 0.959. The summed E-state index contributed by atoms with van der Waals surface area (Å²) in [6.07, 6.45) is 1.72. The SMILES string of the molecule is CCn1cnc2c(Nc3cccc(Cl)c3)nc(N(CCO)CCO)nc21. The van der Waals surface area contributed by atoms with Crippen LogP contribution in [0.5, 0.6) is 0 Å². The zero-order chi connectivity index (χ0) is 18.5.